The molecule has 1 aromatic heterocycles. The summed E-state index contributed by atoms with van der Waals surface area (Å²) in [5.41, 5.74) is 3.67. The third-order valence-electron chi connectivity index (χ3n) is 6.95. The number of nitrogens with one attached hydrogen (secondary N) is 1. The van der Waals surface area contributed by atoms with E-state index in [4.69, 9.17) is 0 Å². The smallest absolute Gasteiger partial charge is 0.250 e. The maximum Gasteiger partial charge on any atom is 0.250 e. The van der Waals surface area contributed by atoms with Crippen LogP contribution >= 0.6 is 0 Å². The van der Waals surface area contributed by atoms with Gasteiger partial charge in [0.1, 0.15) is 6.54 Å². The Bertz CT molecular complexity index is 1040. The fraction of sp³-hybridized carbons (Fsp3) is 0.458. The number of benzene rings is 1. The van der Waals surface area contributed by atoms with Gasteiger partial charge in [0.2, 0.25) is 5.91 Å². The van der Waals surface area contributed by atoms with Crippen molar-refractivity contribution in [3.63, 3.8) is 0 Å². The summed E-state index contributed by atoms with van der Waals surface area (Å²) in [5.74, 6) is 0.722. The number of pyridine rings is 1. The molecule has 1 saturated heterocycles. The summed E-state index contributed by atoms with van der Waals surface area (Å²) in [6, 6.07) is 13.7. The average molecular weight is 407 g/mol. The van der Waals surface area contributed by atoms with Crippen LogP contribution in [0.15, 0.2) is 47.3 Å². The van der Waals surface area contributed by atoms with E-state index < -0.39 is 0 Å². The monoisotopic (exact) mass is 406 g/mol. The van der Waals surface area contributed by atoms with Gasteiger partial charge in [-0.2, -0.15) is 0 Å². The van der Waals surface area contributed by atoms with Crippen molar-refractivity contribution in [1.82, 2.24) is 9.47 Å². The zero-order valence-corrected chi connectivity index (χ0v) is 17.2. The van der Waals surface area contributed by atoms with Gasteiger partial charge in [0, 0.05) is 43.2 Å². The molecule has 6 nitrogen and oxygen atoms in total. The molecular formula is C24H28N3O3+. The van der Waals surface area contributed by atoms with Crippen molar-refractivity contribution < 1.29 is 14.5 Å². The molecule has 3 aliphatic heterocycles. The number of ketones is 1. The number of quaternary nitrogens is 1. The predicted octanol–water partition coefficient (Wildman–Crippen LogP) is 0.394. The predicted molar refractivity (Wildman–Crippen MR) is 112 cm³/mol. The van der Waals surface area contributed by atoms with Gasteiger partial charge in [-0.3, -0.25) is 14.4 Å². The molecule has 0 spiro atoms. The highest BCUT2D eigenvalue weighted by molar-refractivity contribution is 5.98. The highest BCUT2D eigenvalue weighted by Gasteiger charge is 2.38. The molecule has 5 rings (SSSR count). The van der Waals surface area contributed by atoms with Crippen LogP contribution in [-0.4, -0.2) is 47.3 Å². The molecule has 2 aromatic rings. The Morgan fingerprint density at radius 2 is 1.87 bits per heavy atom. The van der Waals surface area contributed by atoms with Crippen LogP contribution in [0.1, 0.15) is 35.6 Å². The molecule has 4 heterocycles. The second kappa shape index (κ2) is 7.84. The minimum Gasteiger partial charge on any atom is -0.338 e. The average Bonchev–Trinajstić information content (AvgIpc) is 2.74. The van der Waals surface area contributed by atoms with Gasteiger partial charge in [-0.25, -0.2) is 0 Å². The minimum absolute atomic E-state index is 0.00293. The Hall–Kier alpha value is -2.73. The molecule has 2 bridgehead atoms. The van der Waals surface area contributed by atoms with E-state index in [1.807, 2.05) is 33.7 Å². The molecule has 3 aliphatic rings. The largest absolute Gasteiger partial charge is 0.338 e. The number of hydrogen-bond acceptors (Lipinski definition) is 3. The molecule has 0 aliphatic carbocycles. The first-order valence-electron chi connectivity index (χ1n) is 11.0. The van der Waals surface area contributed by atoms with Crippen molar-refractivity contribution in [2.45, 2.75) is 38.3 Å². The third-order valence-corrected chi connectivity index (χ3v) is 6.95. The van der Waals surface area contributed by atoms with Gasteiger partial charge in [-0.15, -0.1) is 0 Å². The van der Waals surface area contributed by atoms with Crippen LogP contribution in [0.25, 0.3) is 0 Å². The fourth-order valence-electron chi connectivity index (χ4n) is 5.59. The number of fused-ring (bicyclic) bond motifs is 5. The lowest BCUT2D eigenvalue weighted by atomic mass is 9.83. The standard InChI is InChI=1S/C24H27N3O3/c28-21(11-24(30)26-9-8-18-4-1-2-5-19(18)15-26)16-25-12-17-10-20(14-25)22-6-3-7-23(29)27(22)13-17/h1-7,17,20H,8-16H2/p+1/t17-,20+/m0/s1. The van der Waals surface area contributed by atoms with Gasteiger partial charge >= 0.3 is 0 Å². The summed E-state index contributed by atoms with van der Waals surface area (Å²) < 4.78 is 1.91. The van der Waals surface area contributed by atoms with Crippen LogP contribution in [0.4, 0.5) is 0 Å². The van der Waals surface area contributed by atoms with Crippen LogP contribution in [0.3, 0.4) is 0 Å². The van der Waals surface area contributed by atoms with E-state index in [9.17, 15) is 14.4 Å². The highest BCUT2D eigenvalue weighted by atomic mass is 16.2. The first kappa shape index (κ1) is 19.2. The number of amides is 1. The molecule has 30 heavy (non-hydrogen) atoms. The minimum atomic E-state index is -0.0528. The van der Waals surface area contributed by atoms with Crippen LogP contribution in [0, 0.1) is 5.92 Å². The van der Waals surface area contributed by atoms with E-state index in [-0.39, 0.29) is 23.7 Å². The lowest BCUT2D eigenvalue weighted by Crippen LogP contribution is -3.15. The maximum atomic E-state index is 12.7. The van der Waals surface area contributed by atoms with Gasteiger partial charge < -0.3 is 14.4 Å². The highest BCUT2D eigenvalue weighted by Crippen LogP contribution is 2.30. The number of likely N-dealkylation sites (tertiary alicyclic amines) is 1. The molecular weight excluding hydrogens is 378 g/mol. The number of hydrogen-bond donors (Lipinski definition) is 1. The van der Waals surface area contributed by atoms with Gasteiger partial charge in [-0.05, 0) is 30.0 Å². The summed E-state index contributed by atoms with van der Waals surface area (Å²) in [7, 11) is 0. The summed E-state index contributed by atoms with van der Waals surface area (Å²) in [5, 5.41) is 0. The van der Waals surface area contributed by atoms with Crippen molar-refractivity contribution >= 4 is 11.7 Å². The van der Waals surface area contributed by atoms with Crippen LogP contribution in [0.2, 0.25) is 0 Å². The Labute approximate surface area is 176 Å². The molecule has 1 amide bonds. The van der Waals surface area contributed by atoms with Crippen LogP contribution in [-0.2, 0) is 29.1 Å². The van der Waals surface area contributed by atoms with Gasteiger partial charge in [0.25, 0.3) is 5.56 Å². The molecule has 3 atom stereocenters. The Kier molecular flexibility index (Phi) is 5.03. The Morgan fingerprint density at radius 3 is 2.73 bits per heavy atom. The second-order valence-corrected chi connectivity index (χ2v) is 9.08. The van der Waals surface area contributed by atoms with Crippen molar-refractivity contribution in [3.05, 3.63) is 69.6 Å². The topological polar surface area (TPSA) is 63.8 Å². The second-order valence-electron chi connectivity index (χ2n) is 9.08. The van der Waals surface area contributed by atoms with Gasteiger partial charge in [0.05, 0.1) is 19.5 Å². The van der Waals surface area contributed by atoms with Crippen molar-refractivity contribution in [2.24, 2.45) is 5.92 Å². The zero-order chi connectivity index (χ0) is 20.7. The molecule has 0 radical (unpaired) electrons. The van der Waals surface area contributed by atoms with Crippen molar-refractivity contribution in [3.8, 4) is 0 Å². The Balaban J connectivity index is 1.19. The number of carbonyl (C=O) groups is 2. The number of Topliss-reactive ketones (excluding diaryl/α,β-unsaturated/α-hetero) is 1. The zero-order valence-electron chi connectivity index (χ0n) is 17.2. The number of nitrogens with zero attached hydrogens (tertiary/aromatic N) is 2. The number of piperidine rings is 1. The number of aromatic nitrogens is 1. The lowest BCUT2D eigenvalue weighted by molar-refractivity contribution is -0.903. The molecule has 156 valence electrons. The number of carbonyl (C=O) groups excluding carboxylic acids is 2. The van der Waals surface area contributed by atoms with E-state index in [2.05, 4.69) is 12.1 Å². The van der Waals surface area contributed by atoms with Crippen LogP contribution < -0.4 is 10.5 Å². The normalized spacial score (nSPS) is 24.7. The first-order valence-corrected chi connectivity index (χ1v) is 11.0. The van der Waals surface area contributed by atoms with E-state index in [0.29, 0.717) is 31.5 Å². The number of rotatable bonds is 4. The third kappa shape index (κ3) is 3.72. The molecule has 1 N–H and O–H groups in total. The van der Waals surface area contributed by atoms with E-state index in [0.717, 1.165) is 38.2 Å². The summed E-state index contributed by atoms with van der Waals surface area (Å²) >= 11 is 0. The first-order chi connectivity index (χ1) is 14.6. The SMILES string of the molecule is O=C(CC(=O)N1CCc2ccccc2C1)C[NH+]1C[C@@H]2C[C@H](C1)c1cccc(=O)n1C2. The molecule has 1 fully saturated rings. The van der Waals surface area contributed by atoms with Gasteiger partial charge in [-0.1, -0.05) is 30.3 Å². The lowest BCUT2D eigenvalue weighted by Gasteiger charge is -2.40. The quantitative estimate of drug-likeness (QED) is 0.748. The van der Waals surface area contributed by atoms with Crippen molar-refractivity contribution in [1.29, 1.82) is 0 Å². The fourth-order valence-corrected chi connectivity index (χ4v) is 5.59. The molecule has 1 unspecified atom stereocenters. The van der Waals surface area contributed by atoms with Crippen LogP contribution in [0.5, 0.6) is 0 Å². The summed E-state index contributed by atoms with van der Waals surface area (Å²) in [4.78, 5) is 40.7. The van der Waals surface area contributed by atoms with E-state index in [1.54, 1.807) is 6.07 Å². The molecule has 0 saturated carbocycles. The maximum absolute atomic E-state index is 12.7. The summed E-state index contributed by atoms with van der Waals surface area (Å²) in [6.45, 7) is 4.20. The van der Waals surface area contributed by atoms with Gasteiger partial charge in [0.15, 0.2) is 5.78 Å². The van der Waals surface area contributed by atoms with E-state index >= 15 is 0 Å². The summed E-state index contributed by atoms with van der Waals surface area (Å²) in [6.07, 6.45) is 1.94. The molecule has 1 aromatic carbocycles. The van der Waals surface area contributed by atoms with Crippen molar-refractivity contribution in [2.75, 3.05) is 26.2 Å². The molecule has 6 heteroatoms. The Morgan fingerprint density at radius 1 is 1.03 bits per heavy atom. The van der Waals surface area contributed by atoms with E-state index in [1.165, 1.54) is 16.0 Å².